The van der Waals surface area contributed by atoms with Gasteiger partial charge in [-0.15, -0.1) is 0 Å². The number of benzene rings is 1. The Morgan fingerprint density at radius 2 is 1.91 bits per heavy atom. The lowest BCUT2D eigenvalue weighted by Crippen LogP contribution is -2.31. The van der Waals surface area contributed by atoms with Crippen molar-refractivity contribution in [3.05, 3.63) is 41.7 Å². The minimum absolute atomic E-state index is 0.173. The van der Waals surface area contributed by atoms with Gasteiger partial charge >= 0.3 is 0 Å². The van der Waals surface area contributed by atoms with Crippen LogP contribution in [0.15, 0.2) is 30.3 Å². The molecular weight excluding hydrogens is 294 g/mol. The fourth-order valence-corrected chi connectivity index (χ4v) is 2.91. The predicted octanol–water partition coefficient (Wildman–Crippen LogP) is 2.09. The number of hydrogen-bond donors (Lipinski definition) is 0. The molecule has 6 nitrogen and oxygen atoms in total. The molecule has 6 heteroatoms. The van der Waals surface area contributed by atoms with Crippen molar-refractivity contribution in [3.63, 3.8) is 0 Å². The Morgan fingerprint density at radius 3 is 2.48 bits per heavy atom. The maximum absolute atomic E-state index is 12.6. The van der Waals surface area contributed by atoms with Crippen LogP contribution < -0.4 is 9.64 Å². The highest BCUT2D eigenvalue weighted by molar-refractivity contribution is 6.20. The Hall–Kier alpha value is -2.63. The zero-order valence-electron chi connectivity index (χ0n) is 13.4. The van der Waals surface area contributed by atoms with Crippen molar-refractivity contribution >= 4 is 17.5 Å². The zero-order chi connectivity index (χ0) is 16.6. The number of methoxy groups -OCH3 is 1. The van der Waals surface area contributed by atoms with Gasteiger partial charge in [0.1, 0.15) is 5.75 Å². The largest absolute Gasteiger partial charge is 0.497 e. The van der Waals surface area contributed by atoms with Crippen LogP contribution in [0.25, 0.3) is 0 Å². The first-order chi connectivity index (χ1) is 11.0. The van der Waals surface area contributed by atoms with Gasteiger partial charge in [0.25, 0.3) is 0 Å². The summed E-state index contributed by atoms with van der Waals surface area (Å²) in [5.41, 5.74) is 2.48. The second-order valence-corrected chi connectivity index (χ2v) is 5.78. The summed E-state index contributed by atoms with van der Waals surface area (Å²) in [6.45, 7) is 4.29. The van der Waals surface area contributed by atoms with Crippen molar-refractivity contribution in [2.45, 2.75) is 26.8 Å². The number of hydrogen-bond acceptors (Lipinski definition) is 4. The predicted molar refractivity (Wildman–Crippen MR) is 85.3 cm³/mol. The first-order valence-corrected chi connectivity index (χ1v) is 7.51. The molecule has 3 rings (SSSR count). The van der Waals surface area contributed by atoms with Crippen molar-refractivity contribution in [3.8, 4) is 5.75 Å². The minimum Gasteiger partial charge on any atom is -0.497 e. The number of imide groups is 1. The Bertz CT molecular complexity index is 749. The number of carbonyl (C=O) groups excluding carboxylic acids is 2. The van der Waals surface area contributed by atoms with Crippen LogP contribution in [-0.2, 0) is 16.1 Å². The molecule has 2 heterocycles. The summed E-state index contributed by atoms with van der Waals surface area (Å²) in [6.07, 6.45) is 0.212. The standard InChI is InChI=1S/C17H19N3O3/c1-11-8-12(2)19(18-11)10-13-9-16(21)20(17(13)22)14-4-6-15(23-3)7-5-14/h4-8,13H,9-10H2,1-3H3/t13-/m1/s1. The van der Waals surface area contributed by atoms with Crippen molar-refractivity contribution in [1.29, 1.82) is 0 Å². The lowest BCUT2D eigenvalue weighted by molar-refractivity contribution is -0.122. The molecule has 0 N–H and O–H groups in total. The second kappa shape index (κ2) is 5.87. The maximum Gasteiger partial charge on any atom is 0.239 e. The molecule has 1 fully saturated rings. The molecule has 2 amide bonds. The molecule has 0 unspecified atom stereocenters. The molecule has 1 saturated heterocycles. The highest BCUT2D eigenvalue weighted by Crippen LogP contribution is 2.29. The number of ether oxygens (including phenoxy) is 1. The summed E-state index contributed by atoms with van der Waals surface area (Å²) in [7, 11) is 1.58. The van der Waals surface area contributed by atoms with E-state index >= 15 is 0 Å². The van der Waals surface area contributed by atoms with E-state index in [4.69, 9.17) is 4.74 Å². The van der Waals surface area contributed by atoms with Crippen LogP contribution in [0.1, 0.15) is 17.8 Å². The van der Waals surface area contributed by atoms with E-state index in [0.717, 1.165) is 11.4 Å². The van der Waals surface area contributed by atoms with Crippen LogP contribution in [0.3, 0.4) is 0 Å². The van der Waals surface area contributed by atoms with E-state index in [0.29, 0.717) is 18.0 Å². The molecule has 1 aromatic carbocycles. The van der Waals surface area contributed by atoms with Gasteiger partial charge in [0.2, 0.25) is 11.8 Å². The van der Waals surface area contributed by atoms with E-state index in [-0.39, 0.29) is 24.2 Å². The monoisotopic (exact) mass is 313 g/mol. The van der Waals surface area contributed by atoms with Crippen LogP contribution >= 0.6 is 0 Å². The Kier molecular flexibility index (Phi) is 3.90. The van der Waals surface area contributed by atoms with Gasteiger partial charge in [0.05, 0.1) is 31.0 Å². The molecule has 1 atom stereocenters. The van der Waals surface area contributed by atoms with E-state index in [9.17, 15) is 9.59 Å². The summed E-state index contributed by atoms with van der Waals surface area (Å²) >= 11 is 0. The lowest BCUT2D eigenvalue weighted by Gasteiger charge is -2.15. The van der Waals surface area contributed by atoms with Gasteiger partial charge in [-0.3, -0.25) is 19.2 Å². The van der Waals surface area contributed by atoms with E-state index in [1.807, 2.05) is 19.9 Å². The topological polar surface area (TPSA) is 64.4 Å². The van der Waals surface area contributed by atoms with Crippen LogP contribution in [0, 0.1) is 19.8 Å². The molecule has 0 saturated carbocycles. The third-order valence-electron chi connectivity index (χ3n) is 4.07. The zero-order valence-corrected chi connectivity index (χ0v) is 13.4. The summed E-state index contributed by atoms with van der Waals surface area (Å²) in [6, 6.07) is 8.89. The normalized spacial score (nSPS) is 17.9. The molecular formula is C17H19N3O3. The van der Waals surface area contributed by atoms with Gasteiger partial charge in [-0.05, 0) is 44.2 Å². The van der Waals surface area contributed by atoms with E-state index < -0.39 is 0 Å². The van der Waals surface area contributed by atoms with Crippen LogP contribution in [0.2, 0.25) is 0 Å². The number of carbonyl (C=O) groups is 2. The summed E-state index contributed by atoms with van der Waals surface area (Å²) in [5, 5.41) is 4.37. The first kappa shape index (κ1) is 15.3. The molecule has 0 bridgehead atoms. The van der Waals surface area contributed by atoms with Crippen LogP contribution in [-0.4, -0.2) is 28.7 Å². The summed E-state index contributed by atoms with van der Waals surface area (Å²) in [4.78, 5) is 26.2. The number of rotatable bonds is 4. The van der Waals surface area contributed by atoms with Crippen LogP contribution in [0.4, 0.5) is 5.69 Å². The number of nitrogens with zero attached hydrogens (tertiary/aromatic N) is 3. The van der Waals surface area contributed by atoms with Gasteiger partial charge in [-0.25, -0.2) is 0 Å². The Balaban J connectivity index is 1.80. The molecule has 1 aromatic heterocycles. The third-order valence-corrected chi connectivity index (χ3v) is 4.07. The molecule has 1 aliphatic heterocycles. The van der Waals surface area contributed by atoms with Gasteiger partial charge in [0.15, 0.2) is 0 Å². The Labute approximate surface area is 134 Å². The minimum atomic E-state index is -0.373. The number of amides is 2. The SMILES string of the molecule is COc1ccc(N2C(=O)C[C@H](Cn3nc(C)cc3C)C2=O)cc1. The fourth-order valence-electron chi connectivity index (χ4n) is 2.91. The van der Waals surface area contributed by atoms with Crippen LogP contribution in [0.5, 0.6) is 5.75 Å². The van der Waals surface area contributed by atoms with Crippen molar-refractivity contribution in [1.82, 2.24) is 9.78 Å². The van der Waals surface area contributed by atoms with Crippen molar-refractivity contribution < 1.29 is 14.3 Å². The molecule has 120 valence electrons. The highest BCUT2D eigenvalue weighted by Gasteiger charge is 2.39. The average molecular weight is 313 g/mol. The quantitative estimate of drug-likeness (QED) is 0.811. The average Bonchev–Trinajstić information content (AvgIpc) is 2.99. The molecule has 0 aliphatic carbocycles. The van der Waals surface area contributed by atoms with Gasteiger partial charge in [0, 0.05) is 12.1 Å². The highest BCUT2D eigenvalue weighted by atomic mass is 16.5. The smallest absolute Gasteiger partial charge is 0.239 e. The van der Waals surface area contributed by atoms with Crippen molar-refractivity contribution in [2.24, 2.45) is 5.92 Å². The number of aryl methyl sites for hydroxylation is 2. The van der Waals surface area contributed by atoms with E-state index in [1.165, 1.54) is 4.90 Å². The van der Waals surface area contributed by atoms with Gasteiger partial charge in [-0.1, -0.05) is 0 Å². The summed E-state index contributed by atoms with van der Waals surface area (Å²) in [5.74, 6) is -0.0333. The van der Waals surface area contributed by atoms with E-state index in [2.05, 4.69) is 5.10 Å². The molecule has 0 radical (unpaired) electrons. The maximum atomic E-state index is 12.6. The molecule has 23 heavy (non-hydrogen) atoms. The lowest BCUT2D eigenvalue weighted by atomic mass is 10.1. The Morgan fingerprint density at radius 1 is 1.22 bits per heavy atom. The van der Waals surface area contributed by atoms with Gasteiger partial charge < -0.3 is 4.74 Å². The number of anilines is 1. The van der Waals surface area contributed by atoms with E-state index in [1.54, 1.807) is 36.1 Å². The fraction of sp³-hybridized carbons (Fsp3) is 0.353. The summed E-state index contributed by atoms with van der Waals surface area (Å²) < 4.78 is 6.90. The molecule has 2 aromatic rings. The first-order valence-electron chi connectivity index (χ1n) is 7.51. The second-order valence-electron chi connectivity index (χ2n) is 5.78. The number of aromatic nitrogens is 2. The molecule has 1 aliphatic rings. The van der Waals surface area contributed by atoms with Gasteiger partial charge in [-0.2, -0.15) is 5.10 Å². The third kappa shape index (κ3) is 2.84. The molecule has 0 spiro atoms. The van der Waals surface area contributed by atoms with Crippen molar-refractivity contribution in [2.75, 3.05) is 12.0 Å².